The van der Waals surface area contributed by atoms with E-state index in [0.29, 0.717) is 5.41 Å². The van der Waals surface area contributed by atoms with Crippen molar-refractivity contribution in [3.05, 3.63) is 23.9 Å². The van der Waals surface area contributed by atoms with Crippen molar-refractivity contribution in [3.63, 3.8) is 0 Å². The molecule has 1 unspecified atom stereocenters. The van der Waals surface area contributed by atoms with Crippen molar-refractivity contribution in [1.82, 2.24) is 5.32 Å². The first-order valence-electron chi connectivity index (χ1n) is 5.57. The molecule has 0 aromatic carbocycles. The average Bonchev–Trinajstić information content (AvgIpc) is 2.14. The summed E-state index contributed by atoms with van der Waals surface area (Å²) in [5.41, 5.74) is 1.73. The van der Waals surface area contributed by atoms with Crippen LogP contribution in [0.25, 0.3) is 0 Å². The Morgan fingerprint density at radius 2 is 2.14 bits per heavy atom. The molecule has 0 aliphatic heterocycles. The SMILES string of the molecule is CNC1=CCC(CCC(C)(C)C)C=C1. The summed E-state index contributed by atoms with van der Waals surface area (Å²) < 4.78 is 0. The zero-order chi connectivity index (χ0) is 10.6. The molecule has 0 spiro atoms. The third-order valence-electron chi connectivity index (χ3n) is 2.74. The molecule has 1 atom stereocenters. The van der Waals surface area contributed by atoms with Gasteiger partial charge < -0.3 is 5.32 Å². The summed E-state index contributed by atoms with van der Waals surface area (Å²) in [5, 5.41) is 3.17. The van der Waals surface area contributed by atoms with Crippen LogP contribution in [0.3, 0.4) is 0 Å². The Morgan fingerprint density at radius 1 is 1.43 bits per heavy atom. The molecule has 0 amide bonds. The molecular formula is C13H23N. The van der Waals surface area contributed by atoms with Gasteiger partial charge in [-0.1, -0.05) is 32.9 Å². The molecule has 0 heterocycles. The fraction of sp³-hybridized carbons (Fsp3) is 0.692. The minimum absolute atomic E-state index is 0.473. The lowest BCUT2D eigenvalue weighted by Crippen LogP contribution is -2.11. The van der Waals surface area contributed by atoms with Gasteiger partial charge in [0, 0.05) is 12.7 Å². The Labute approximate surface area is 88.3 Å². The summed E-state index contributed by atoms with van der Waals surface area (Å²) in [6, 6.07) is 0. The van der Waals surface area contributed by atoms with Gasteiger partial charge in [0.25, 0.3) is 0 Å². The maximum atomic E-state index is 3.17. The summed E-state index contributed by atoms with van der Waals surface area (Å²) in [5.74, 6) is 0.756. The molecule has 1 rings (SSSR count). The van der Waals surface area contributed by atoms with E-state index in [2.05, 4.69) is 44.3 Å². The number of hydrogen-bond donors (Lipinski definition) is 1. The van der Waals surface area contributed by atoms with E-state index in [1.807, 2.05) is 7.05 Å². The summed E-state index contributed by atoms with van der Waals surface area (Å²) in [4.78, 5) is 0. The van der Waals surface area contributed by atoms with E-state index in [1.165, 1.54) is 25.0 Å². The van der Waals surface area contributed by atoms with Crippen LogP contribution >= 0.6 is 0 Å². The van der Waals surface area contributed by atoms with Crippen LogP contribution in [0.15, 0.2) is 23.9 Å². The van der Waals surface area contributed by atoms with Crippen LogP contribution < -0.4 is 5.32 Å². The van der Waals surface area contributed by atoms with Crippen LogP contribution in [-0.4, -0.2) is 7.05 Å². The maximum Gasteiger partial charge on any atom is 0.0294 e. The molecule has 0 saturated heterocycles. The smallest absolute Gasteiger partial charge is 0.0294 e. The Kier molecular flexibility index (Phi) is 3.79. The molecule has 14 heavy (non-hydrogen) atoms. The Balaban J connectivity index is 2.31. The number of rotatable bonds is 3. The highest BCUT2D eigenvalue weighted by molar-refractivity contribution is 5.21. The Hall–Kier alpha value is -0.720. The van der Waals surface area contributed by atoms with Gasteiger partial charge in [0.05, 0.1) is 0 Å². The molecule has 0 aromatic heterocycles. The highest BCUT2D eigenvalue weighted by atomic mass is 14.8. The zero-order valence-corrected chi connectivity index (χ0v) is 9.93. The van der Waals surface area contributed by atoms with E-state index in [9.17, 15) is 0 Å². The van der Waals surface area contributed by atoms with Crippen molar-refractivity contribution < 1.29 is 0 Å². The van der Waals surface area contributed by atoms with E-state index in [4.69, 9.17) is 0 Å². The maximum absolute atomic E-state index is 3.17. The largest absolute Gasteiger partial charge is 0.388 e. The molecule has 1 N–H and O–H groups in total. The molecule has 1 heteroatoms. The van der Waals surface area contributed by atoms with Gasteiger partial charge in [-0.25, -0.2) is 0 Å². The van der Waals surface area contributed by atoms with E-state index in [0.717, 1.165) is 5.92 Å². The van der Waals surface area contributed by atoms with E-state index in [1.54, 1.807) is 0 Å². The van der Waals surface area contributed by atoms with E-state index >= 15 is 0 Å². The zero-order valence-electron chi connectivity index (χ0n) is 9.93. The molecule has 1 aliphatic carbocycles. The van der Waals surface area contributed by atoms with Crippen LogP contribution in [0.1, 0.15) is 40.0 Å². The van der Waals surface area contributed by atoms with Gasteiger partial charge in [-0.05, 0) is 36.7 Å². The standard InChI is InChI=1S/C13H23N/c1-13(2,3)10-9-11-5-7-12(14-4)8-6-11/h5,7-8,11,14H,6,9-10H2,1-4H3. The van der Waals surface area contributed by atoms with Crippen LogP contribution in [0.4, 0.5) is 0 Å². The molecule has 1 aliphatic rings. The third kappa shape index (κ3) is 3.99. The monoisotopic (exact) mass is 193 g/mol. The van der Waals surface area contributed by atoms with E-state index < -0.39 is 0 Å². The fourth-order valence-electron chi connectivity index (χ4n) is 1.68. The lowest BCUT2D eigenvalue weighted by molar-refractivity contribution is 0.340. The molecule has 0 bridgehead atoms. The van der Waals surface area contributed by atoms with Crippen molar-refractivity contribution in [3.8, 4) is 0 Å². The van der Waals surface area contributed by atoms with Crippen molar-refractivity contribution in [2.45, 2.75) is 40.0 Å². The van der Waals surface area contributed by atoms with E-state index in [-0.39, 0.29) is 0 Å². The first-order chi connectivity index (χ1) is 6.51. The fourth-order valence-corrected chi connectivity index (χ4v) is 1.68. The lowest BCUT2D eigenvalue weighted by atomic mass is 9.84. The summed E-state index contributed by atoms with van der Waals surface area (Å²) in [6.45, 7) is 6.94. The molecule has 80 valence electrons. The summed E-state index contributed by atoms with van der Waals surface area (Å²) in [6.07, 6.45) is 10.7. The van der Waals surface area contributed by atoms with Gasteiger partial charge in [0.2, 0.25) is 0 Å². The predicted octanol–water partition coefficient (Wildman–Crippen LogP) is 3.49. The quantitative estimate of drug-likeness (QED) is 0.723. The average molecular weight is 193 g/mol. The second kappa shape index (κ2) is 4.68. The summed E-state index contributed by atoms with van der Waals surface area (Å²) in [7, 11) is 1.98. The highest BCUT2D eigenvalue weighted by Gasteiger charge is 2.14. The van der Waals surface area contributed by atoms with Gasteiger partial charge >= 0.3 is 0 Å². The lowest BCUT2D eigenvalue weighted by Gasteiger charge is -2.22. The molecule has 1 nitrogen and oxygen atoms in total. The number of hydrogen-bond acceptors (Lipinski definition) is 1. The normalized spacial score (nSPS) is 22.0. The van der Waals surface area contributed by atoms with Crippen molar-refractivity contribution >= 4 is 0 Å². The molecule has 0 saturated carbocycles. The molecule has 0 aromatic rings. The van der Waals surface area contributed by atoms with Gasteiger partial charge in [-0.2, -0.15) is 0 Å². The van der Waals surface area contributed by atoms with Crippen LogP contribution in [0.2, 0.25) is 0 Å². The first-order valence-corrected chi connectivity index (χ1v) is 5.57. The predicted molar refractivity (Wildman–Crippen MR) is 63.1 cm³/mol. The van der Waals surface area contributed by atoms with Crippen molar-refractivity contribution in [2.75, 3.05) is 7.05 Å². The summed E-state index contributed by atoms with van der Waals surface area (Å²) >= 11 is 0. The van der Waals surface area contributed by atoms with Gasteiger partial charge in [0.15, 0.2) is 0 Å². The third-order valence-corrected chi connectivity index (χ3v) is 2.74. The van der Waals surface area contributed by atoms with Gasteiger partial charge in [-0.3, -0.25) is 0 Å². The number of likely N-dealkylation sites (N-methyl/N-ethyl adjacent to an activating group) is 1. The minimum atomic E-state index is 0.473. The van der Waals surface area contributed by atoms with Crippen molar-refractivity contribution in [2.24, 2.45) is 11.3 Å². The molecule has 0 fully saturated rings. The molecular weight excluding hydrogens is 170 g/mol. The Morgan fingerprint density at radius 3 is 2.57 bits per heavy atom. The van der Waals surface area contributed by atoms with Crippen LogP contribution in [0, 0.1) is 11.3 Å². The number of allylic oxidation sites excluding steroid dienone is 3. The van der Waals surface area contributed by atoms with Gasteiger partial charge in [-0.15, -0.1) is 0 Å². The Bertz CT molecular complexity index is 230. The van der Waals surface area contributed by atoms with Crippen LogP contribution in [0.5, 0.6) is 0 Å². The minimum Gasteiger partial charge on any atom is -0.388 e. The first kappa shape index (κ1) is 11.4. The van der Waals surface area contributed by atoms with Gasteiger partial charge in [0.1, 0.15) is 0 Å². The second-order valence-electron chi connectivity index (χ2n) is 5.36. The van der Waals surface area contributed by atoms with Crippen molar-refractivity contribution in [1.29, 1.82) is 0 Å². The second-order valence-corrected chi connectivity index (χ2v) is 5.36. The van der Waals surface area contributed by atoms with Crippen LogP contribution in [-0.2, 0) is 0 Å². The molecule has 0 radical (unpaired) electrons. The highest BCUT2D eigenvalue weighted by Crippen LogP contribution is 2.27. The number of nitrogens with one attached hydrogen (secondary N) is 1. The topological polar surface area (TPSA) is 12.0 Å².